The normalized spacial score (nSPS) is 27.5. The van der Waals surface area contributed by atoms with E-state index in [1.165, 1.54) is 16.7 Å². The van der Waals surface area contributed by atoms with E-state index in [9.17, 15) is 14.4 Å². The van der Waals surface area contributed by atoms with Crippen molar-refractivity contribution in [2.45, 2.75) is 33.5 Å². The highest BCUT2D eigenvalue weighted by molar-refractivity contribution is 8.02. The van der Waals surface area contributed by atoms with E-state index in [4.69, 9.17) is 39.5 Å². The third-order valence-corrected chi connectivity index (χ3v) is 5.97. The first kappa shape index (κ1) is 19.6. The van der Waals surface area contributed by atoms with Gasteiger partial charge in [0.25, 0.3) is 0 Å². The first-order valence-electron chi connectivity index (χ1n) is 7.71. The molecular formula is C16H15Cl3N2O4S. The maximum Gasteiger partial charge on any atom is 0.340 e. The first-order chi connectivity index (χ1) is 12.1. The third kappa shape index (κ3) is 4.06. The molecule has 3 atom stereocenters. The number of thioether (sulfide) groups is 1. The average molecular weight is 438 g/mol. The molecule has 26 heavy (non-hydrogen) atoms. The monoisotopic (exact) mass is 436 g/mol. The number of carbonyl (C=O) groups is 3. The molecule has 1 aromatic rings. The third-order valence-electron chi connectivity index (χ3n) is 4.16. The molecular weight excluding hydrogens is 423 g/mol. The van der Waals surface area contributed by atoms with E-state index in [0.29, 0.717) is 0 Å². The number of ether oxygens (including phenoxy) is 1. The molecule has 0 aliphatic carbocycles. The smallest absolute Gasteiger partial charge is 0.340 e. The van der Waals surface area contributed by atoms with Gasteiger partial charge >= 0.3 is 9.95 Å². The zero-order valence-corrected chi connectivity index (χ0v) is 16.7. The van der Waals surface area contributed by atoms with Crippen molar-refractivity contribution >= 4 is 64.3 Å². The molecule has 1 N–H and O–H groups in total. The summed E-state index contributed by atoms with van der Waals surface area (Å²) in [6.45, 7) is 1.75. The van der Waals surface area contributed by atoms with E-state index in [2.05, 4.69) is 5.32 Å². The number of fused-ring (bicyclic) bond motifs is 1. The molecule has 0 bridgehead atoms. The van der Waals surface area contributed by atoms with Gasteiger partial charge in [-0.25, -0.2) is 0 Å². The molecule has 1 aromatic carbocycles. The molecule has 3 rings (SSSR count). The van der Waals surface area contributed by atoms with Gasteiger partial charge in [-0.05, 0) is 47.3 Å². The molecule has 2 aliphatic rings. The number of benzene rings is 1. The van der Waals surface area contributed by atoms with Crippen molar-refractivity contribution in [2.24, 2.45) is 0 Å². The molecule has 10 heteroatoms. The summed E-state index contributed by atoms with van der Waals surface area (Å²) < 4.78 is 1.56. The van der Waals surface area contributed by atoms with Gasteiger partial charge in [0.1, 0.15) is 16.2 Å². The molecule has 2 amide bonds. The number of alkyl halides is 3. The predicted molar refractivity (Wildman–Crippen MR) is 100.0 cm³/mol. The molecule has 0 radical (unpaired) electrons. The summed E-state index contributed by atoms with van der Waals surface area (Å²) in [5.74, 6) is -1.22. The molecule has 2 fully saturated rings. The Balaban J connectivity index is 1.61. The minimum absolute atomic E-state index is 0.131. The van der Waals surface area contributed by atoms with E-state index in [0.717, 1.165) is 5.56 Å². The van der Waals surface area contributed by atoms with Crippen molar-refractivity contribution in [1.29, 1.82) is 0 Å². The van der Waals surface area contributed by atoms with Crippen LogP contribution in [0, 0.1) is 0 Å². The van der Waals surface area contributed by atoms with Crippen molar-refractivity contribution in [1.82, 2.24) is 10.2 Å². The van der Waals surface area contributed by atoms with Crippen LogP contribution in [0.5, 0.6) is 0 Å². The van der Waals surface area contributed by atoms with Gasteiger partial charge in [-0.1, -0.05) is 30.3 Å². The maximum absolute atomic E-state index is 12.3. The molecule has 2 heterocycles. The zero-order chi connectivity index (χ0) is 19.1. The van der Waals surface area contributed by atoms with Crippen molar-refractivity contribution in [3.05, 3.63) is 35.9 Å². The fraction of sp³-hybridized carbons (Fsp3) is 0.438. The van der Waals surface area contributed by atoms with Crippen LogP contribution in [0.4, 0.5) is 0 Å². The summed E-state index contributed by atoms with van der Waals surface area (Å²) in [5.41, 5.74) is 0.851. The number of esters is 1. The second-order valence-electron chi connectivity index (χ2n) is 6.25. The van der Waals surface area contributed by atoms with Crippen LogP contribution in [0.2, 0.25) is 0 Å². The Kier molecular flexibility index (Phi) is 5.36. The highest BCUT2D eigenvalue weighted by Crippen LogP contribution is 2.48. The summed E-state index contributed by atoms with van der Waals surface area (Å²) in [6.07, 6.45) is 0.175. The van der Waals surface area contributed by atoms with E-state index < -0.39 is 20.7 Å². The van der Waals surface area contributed by atoms with Gasteiger partial charge in [0.05, 0.1) is 6.42 Å². The number of halogens is 3. The topological polar surface area (TPSA) is 75.7 Å². The number of rotatable bonds is 4. The van der Waals surface area contributed by atoms with Gasteiger partial charge < -0.3 is 15.0 Å². The van der Waals surface area contributed by atoms with Crippen LogP contribution in [0.3, 0.4) is 0 Å². The summed E-state index contributed by atoms with van der Waals surface area (Å²) in [7, 11) is 0. The van der Waals surface area contributed by atoms with Gasteiger partial charge in [0.2, 0.25) is 11.8 Å². The minimum Gasteiger partial charge on any atom is -0.413 e. The van der Waals surface area contributed by atoms with Crippen molar-refractivity contribution < 1.29 is 19.1 Å². The maximum atomic E-state index is 12.3. The van der Waals surface area contributed by atoms with E-state index in [1.54, 1.807) is 6.92 Å². The van der Waals surface area contributed by atoms with Crippen molar-refractivity contribution in [3.63, 3.8) is 0 Å². The Labute approximate surface area is 169 Å². The minimum atomic E-state index is -2.16. The molecule has 0 aromatic heterocycles. The summed E-state index contributed by atoms with van der Waals surface area (Å²) in [5, 5.41) is 2.38. The van der Waals surface area contributed by atoms with Crippen LogP contribution < -0.4 is 5.32 Å². The number of hydrogen-bond donors (Lipinski definition) is 1. The number of nitrogens with zero attached hydrogens (tertiary/aromatic N) is 1. The number of hydrogen-bond acceptors (Lipinski definition) is 5. The predicted octanol–water partition coefficient (Wildman–Crippen LogP) is 2.26. The number of nitrogens with one attached hydrogen (secondary N) is 1. The van der Waals surface area contributed by atoms with Crippen molar-refractivity contribution in [2.75, 3.05) is 6.54 Å². The Bertz CT molecular complexity index is 743. The van der Waals surface area contributed by atoms with E-state index >= 15 is 0 Å². The molecule has 0 saturated carbocycles. The van der Waals surface area contributed by atoms with Crippen molar-refractivity contribution in [3.8, 4) is 0 Å². The fourth-order valence-electron chi connectivity index (χ4n) is 2.92. The van der Waals surface area contributed by atoms with Gasteiger partial charge in [0, 0.05) is 6.54 Å². The van der Waals surface area contributed by atoms with Gasteiger partial charge in [-0.15, -0.1) is 11.8 Å². The SMILES string of the molecule is CC1(C(=O)OC(Cl)(Cl)Cl)CN2C(=O)C(NC(=O)Cc3ccccc3)[C@H]2S1. The van der Waals surface area contributed by atoms with Crippen LogP contribution in [0.25, 0.3) is 0 Å². The lowest BCUT2D eigenvalue weighted by Crippen LogP contribution is -2.67. The van der Waals surface area contributed by atoms with Crippen LogP contribution in [0.1, 0.15) is 12.5 Å². The van der Waals surface area contributed by atoms with Gasteiger partial charge in [0.15, 0.2) is 0 Å². The van der Waals surface area contributed by atoms with Gasteiger partial charge in [-0.2, -0.15) is 0 Å². The Morgan fingerprint density at radius 2 is 2.00 bits per heavy atom. The quantitative estimate of drug-likeness (QED) is 0.444. The highest BCUT2D eigenvalue weighted by atomic mass is 35.6. The number of amides is 2. The second-order valence-corrected chi connectivity index (χ2v) is 10.0. The summed E-state index contributed by atoms with van der Waals surface area (Å²) in [6, 6.07) is 8.53. The first-order valence-corrected chi connectivity index (χ1v) is 9.72. The van der Waals surface area contributed by atoms with Crippen LogP contribution in [-0.2, 0) is 25.5 Å². The largest absolute Gasteiger partial charge is 0.413 e. The van der Waals surface area contributed by atoms with E-state index in [-0.39, 0.29) is 30.2 Å². The average Bonchev–Trinajstić information content (AvgIpc) is 2.88. The lowest BCUT2D eigenvalue weighted by Gasteiger charge is -2.41. The molecule has 2 aliphatic heterocycles. The Morgan fingerprint density at radius 1 is 1.35 bits per heavy atom. The van der Waals surface area contributed by atoms with Crippen LogP contribution >= 0.6 is 46.6 Å². The zero-order valence-electron chi connectivity index (χ0n) is 13.6. The standard InChI is InChI=1S/C16H15Cl3N2O4S/c1-15(14(24)25-16(17,18)19)8-21-12(23)11(13(21)26-15)20-10(22)7-9-5-3-2-4-6-9/h2-6,11,13H,7-8H2,1H3,(H,20,22)/t11?,13-,15?/m1/s1. The van der Waals surface area contributed by atoms with E-state index in [1.807, 2.05) is 30.3 Å². The molecule has 6 nitrogen and oxygen atoms in total. The Morgan fingerprint density at radius 3 is 2.62 bits per heavy atom. The highest BCUT2D eigenvalue weighted by Gasteiger charge is 2.61. The Hall–Kier alpha value is -1.15. The molecule has 140 valence electrons. The fourth-order valence-corrected chi connectivity index (χ4v) is 4.64. The summed E-state index contributed by atoms with van der Waals surface area (Å²) in [4.78, 5) is 38.3. The lowest BCUT2D eigenvalue weighted by molar-refractivity contribution is -0.151. The van der Waals surface area contributed by atoms with Crippen LogP contribution in [-0.4, -0.2) is 49.4 Å². The molecule has 2 saturated heterocycles. The van der Waals surface area contributed by atoms with Gasteiger partial charge in [-0.3, -0.25) is 14.4 Å². The summed E-state index contributed by atoms with van der Waals surface area (Å²) >= 11 is 17.7. The van der Waals surface area contributed by atoms with Crippen LogP contribution in [0.15, 0.2) is 30.3 Å². The number of β-lactam (4-membered cyclic amide) rings is 1. The lowest BCUT2D eigenvalue weighted by atomic mass is 10.0. The number of carbonyl (C=O) groups excluding carboxylic acids is 3. The molecule has 0 spiro atoms. The molecule has 2 unspecified atom stereocenters. The second kappa shape index (κ2) is 7.11.